The molecule has 0 amide bonds. The Labute approximate surface area is 132 Å². The minimum absolute atomic E-state index is 0.201. The molecule has 2 bridgehead atoms. The molecule has 3 unspecified atom stereocenters. The van der Waals surface area contributed by atoms with Crippen LogP contribution in [0, 0.1) is 19.8 Å². The van der Waals surface area contributed by atoms with Crippen molar-refractivity contribution < 1.29 is 4.74 Å². The minimum Gasteiger partial charge on any atom is -0.467 e. The molecule has 21 heavy (non-hydrogen) atoms. The topological polar surface area (TPSA) is 24.5 Å². The molecule has 3 rings (SSSR count). The number of rotatable bonds is 2. The third-order valence-electron chi connectivity index (χ3n) is 4.99. The van der Waals surface area contributed by atoms with E-state index < -0.39 is 5.72 Å². The Bertz CT molecular complexity index is 627. The molecule has 4 heteroatoms. The number of thiocarbonyl (C=S) groups is 1. The van der Waals surface area contributed by atoms with Gasteiger partial charge in [-0.2, -0.15) is 0 Å². The fourth-order valence-electron chi connectivity index (χ4n) is 3.35. The van der Waals surface area contributed by atoms with E-state index in [0.717, 1.165) is 10.9 Å². The SMILES string of the molecule is C=CCN1C(=S)NC2c3cc(C)c(C)cc3OC1(C)C2C. The van der Waals surface area contributed by atoms with Gasteiger partial charge in [0.1, 0.15) is 5.75 Å². The Morgan fingerprint density at radius 1 is 1.43 bits per heavy atom. The fourth-order valence-corrected chi connectivity index (χ4v) is 3.73. The van der Waals surface area contributed by atoms with Gasteiger partial charge in [-0.1, -0.05) is 19.1 Å². The van der Waals surface area contributed by atoms with E-state index in [9.17, 15) is 0 Å². The summed E-state index contributed by atoms with van der Waals surface area (Å²) in [7, 11) is 0. The average molecular weight is 302 g/mol. The zero-order valence-corrected chi connectivity index (χ0v) is 13.9. The van der Waals surface area contributed by atoms with Crippen LogP contribution in [-0.2, 0) is 0 Å². The van der Waals surface area contributed by atoms with Gasteiger partial charge >= 0.3 is 0 Å². The highest BCUT2D eigenvalue weighted by molar-refractivity contribution is 7.80. The summed E-state index contributed by atoms with van der Waals surface area (Å²) in [6.07, 6.45) is 1.87. The first kappa shape index (κ1) is 14.4. The van der Waals surface area contributed by atoms with Crippen LogP contribution < -0.4 is 10.1 Å². The first-order valence-corrected chi connectivity index (χ1v) is 7.78. The van der Waals surface area contributed by atoms with E-state index >= 15 is 0 Å². The maximum atomic E-state index is 6.42. The molecule has 0 aliphatic carbocycles. The molecule has 0 radical (unpaired) electrons. The number of fused-ring (bicyclic) bond motifs is 4. The van der Waals surface area contributed by atoms with E-state index in [-0.39, 0.29) is 6.04 Å². The Balaban J connectivity index is 2.14. The van der Waals surface area contributed by atoms with E-state index in [1.54, 1.807) is 0 Å². The predicted molar refractivity (Wildman–Crippen MR) is 89.5 cm³/mol. The molecule has 112 valence electrons. The van der Waals surface area contributed by atoms with Gasteiger partial charge in [0.2, 0.25) is 0 Å². The molecule has 2 aliphatic rings. The molecular weight excluding hydrogens is 280 g/mol. The van der Waals surface area contributed by atoms with Crippen LogP contribution in [0.3, 0.4) is 0 Å². The average Bonchev–Trinajstić information content (AvgIpc) is 2.42. The fraction of sp³-hybridized carbons (Fsp3) is 0.471. The second-order valence-corrected chi connectivity index (χ2v) is 6.63. The lowest BCUT2D eigenvalue weighted by Gasteiger charge is -2.56. The summed E-state index contributed by atoms with van der Waals surface area (Å²) in [4.78, 5) is 2.09. The van der Waals surface area contributed by atoms with Crippen LogP contribution in [0.2, 0.25) is 0 Å². The Morgan fingerprint density at radius 2 is 2.10 bits per heavy atom. The normalized spacial score (nSPS) is 30.3. The lowest BCUT2D eigenvalue weighted by Crippen LogP contribution is -2.68. The van der Waals surface area contributed by atoms with Gasteiger partial charge in [0.05, 0.1) is 6.04 Å². The summed E-state index contributed by atoms with van der Waals surface area (Å²) in [5.74, 6) is 1.26. The van der Waals surface area contributed by atoms with Crippen LogP contribution in [0.25, 0.3) is 0 Å². The van der Waals surface area contributed by atoms with Crippen molar-refractivity contribution in [1.82, 2.24) is 10.2 Å². The summed E-state index contributed by atoms with van der Waals surface area (Å²) in [6, 6.07) is 4.57. The molecule has 1 aromatic rings. The first-order chi connectivity index (χ1) is 9.88. The maximum Gasteiger partial charge on any atom is 0.187 e. The largest absolute Gasteiger partial charge is 0.467 e. The van der Waals surface area contributed by atoms with Crippen molar-refractivity contribution in [2.24, 2.45) is 5.92 Å². The molecule has 2 aliphatic heterocycles. The van der Waals surface area contributed by atoms with Crippen LogP contribution >= 0.6 is 12.2 Å². The van der Waals surface area contributed by atoms with Crippen LogP contribution in [0.5, 0.6) is 5.75 Å². The van der Waals surface area contributed by atoms with Crippen LogP contribution in [0.1, 0.15) is 36.6 Å². The van der Waals surface area contributed by atoms with Crippen molar-refractivity contribution in [2.45, 2.75) is 39.5 Å². The molecular formula is C17H22N2OS. The molecule has 3 nitrogen and oxygen atoms in total. The van der Waals surface area contributed by atoms with E-state index in [2.05, 4.69) is 56.6 Å². The van der Waals surface area contributed by atoms with Gasteiger partial charge in [-0.25, -0.2) is 0 Å². The third kappa shape index (κ3) is 1.96. The lowest BCUT2D eigenvalue weighted by atomic mass is 9.80. The zero-order chi connectivity index (χ0) is 15.4. The van der Waals surface area contributed by atoms with Crippen molar-refractivity contribution in [3.8, 4) is 5.75 Å². The van der Waals surface area contributed by atoms with Crippen molar-refractivity contribution in [1.29, 1.82) is 0 Å². The van der Waals surface area contributed by atoms with Crippen molar-refractivity contribution in [2.75, 3.05) is 6.54 Å². The van der Waals surface area contributed by atoms with Gasteiger partial charge < -0.3 is 15.0 Å². The van der Waals surface area contributed by atoms with Crippen LogP contribution in [0.15, 0.2) is 24.8 Å². The number of benzene rings is 1. The van der Waals surface area contributed by atoms with Crippen molar-refractivity contribution >= 4 is 17.3 Å². The van der Waals surface area contributed by atoms with E-state index in [4.69, 9.17) is 17.0 Å². The second kappa shape index (κ2) is 4.73. The van der Waals surface area contributed by atoms with E-state index in [0.29, 0.717) is 12.5 Å². The van der Waals surface area contributed by atoms with Gasteiger partial charge in [-0.05, 0) is 50.2 Å². The number of hydrogen-bond acceptors (Lipinski definition) is 2. The van der Waals surface area contributed by atoms with Gasteiger partial charge in [0.15, 0.2) is 10.8 Å². The molecule has 0 spiro atoms. The van der Waals surface area contributed by atoms with Crippen molar-refractivity contribution in [3.63, 3.8) is 0 Å². The zero-order valence-electron chi connectivity index (χ0n) is 13.1. The number of nitrogens with zero attached hydrogens (tertiary/aromatic N) is 1. The monoisotopic (exact) mass is 302 g/mol. The van der Waals surface area contributed by atoms with E-state index in [1.165, 1.54) is 16.7 Å². The number of nitrogens with one attached hydrogen (secondary N) is 1. The van der Waals surface area contributed by atoms with Crippen LogP contribution in [-0.4, -0.2) is 22.3 Å². The lowest BCUT2D eigenvalue weighted by molar-refractivity contribution is -0.106. The molecule has 0 aromatic heterocycles. The predicted octanol–water partition coefficient (Wildman–Crippen LogP) is 3.47. The molecule has 1 N–H and O–H groups in total. The highest BCUT2D eigenvalue weighted by Crippen LogP contribution is 2.48. The van der Waals surface area contributed by atoms with Crippen molar-refractivity contribution in [3.05, 3.63) is 41.5 Å². The number of aryl methyl sites for hydroxylation is 2. The molecule has 1 saturated heterocycles. The smallest absolute Gasteiger partial charge is 0.187 e. The number of ether oxygens (including phenoxy) is 1. The number of hydrogen-bond donors (Lipinski definition) is 1. The molecule has 0 saturated carbocycles. The summed E-state index contributed by atoms with van der Waals surface area (Å²) < 4.78 is 6.42. The summed E-state index contributed by atoms with van der Waals surface area (Å²) in [5, 5.41) is 4.23. The van der Waals surface area contributed by atoms with Crippen LogP contribution in [0.4, 0.5) is 0 Å². The summed E-state index contributed by atoms with van der Waals surface area (Å²) in [6.45, 7) is 13.1. The summed E-state index contributed by atoms with van der Waals surface area (Å²) >= 11 is 5.55. The first-order valence-electron chi connectivity index (χ1n) is 7.37. The Morgan fingerprint density at radius 3 is 2.76 bits per heavy atom. The molecule has 3 atom stereocenters. The third-order valence-corrected chi connectivity index (χ3v) is 5.33. The highest BCUT2D eigenvalue weighted by atomic mass is 32.1. The Kier molecular flexibility index (Phi) is 3.24. The maximum absolute atomic E-state index is 6.42. The molecule has 2 heterocycles. The highest BCUT2D eigenvalue weighted by Gasteiger charge is 2.52. The molecule has 1 aromatic carbocycles. The minimum atomic E-state index is -0.435. The van der Waals surface area contributed by atoms with Gasteiger partial charge in [0.25, 0.3) is 0 Å². The van der Waals surface area contributed by atoms with E-state index in [1.807, 2.05) is 6.08 Å². The molecule has 1 fully saturated rings. The Hall–Kier alpha value is -1.55. The quantitative estimate of drug-likeness (QED) is 0.668. The van der Waals surface area contributed by atoms with Gasteiger partial charge in [-0.3, -0.25) is 0 Å². The van der Waals surface area contributed by atoms with Gasteiger partial charge in [-0.15, -0.1) is 6.58 Å². The van der Waals surface area contributed by atoms with Gasteiger partial charge in [0, 0.05) is 18.0 Å². The standard InChI is InChI=1S/C17H22N2OS/c1-6-7-19-16(21)18-15-12(4)17(19,5)20-14-9-11(3)10(2)8-13(14)15/h6,8-9,12,15H,1,7H2,2-5H3,(H,18,21). The summed E-state index contributed by atoms with van der Waals surface area (Å²) in [5.41, 5.74) is 3.32. The second-order valence-electron chi connectivity index (χ2n) is 6.25.